The Kier molecular flexibility index (Phi) is 6.05. The Morgan fingerprint density at radius 3 is 2.53 bits per heavy atom. The van der Waals surface area contributed by atoms with Gasteiger partial charge in [-0.2, -0.15) is 0 Å². The number of carbonyl (C=O) groups excluding carboxylic acids is 1. The molecule has 0 aliphatic rings. The van der Waals surface area contributed by atoms with E-state index >= 15 is 0 Å². The fourth-order valence-corrected chi connectivity index (χ4v) is 0.768. The Labute approximate surface area is 87.7 Å². The highest BCUT2D eigenvalue weighted by Crippen LogP contribution is 2.06. The lowest BCUT2D eigenvalue weighted by Gasteiger charge is -2.09. The fourth-order valence-electron chi connectivity index (χ4n) is 0.768. The number of esters is 1. The number of aliphatic carboxylic acids is 1. The van der Waals surface area contributed by atoms with Gasteiger partial charge in [0.2, 0.25) is 0 Å². The van der Waals surface area contributed by atoms with Crippen molar-refractivity contribution < 1.29 is 24.5 Å². The van der Waals surface area contributed by atoms with Crippen molar-refractivity contribution in [1.82, 2.24) is 0 Å². The molecule has 0 aliphatic carbocycles. The number of carboxylic acids is 1. The van der Waals surface area contributed by atoms with Crippen molar-refractivity contribution >= 4 is 11.9 Å². The molecule has 0 aromatic carbocycles. The average molecular weight is 214 g/mol. The lowest BCUT2D eigenvalue weighted by molar-refractivity contribution is -0.141. The molecule has 2 N–H and O–H groups in total. The van der Waals surface area contributed by atoms with Gasteiger partial charge in [0.15, 0.2) is 0 Å². The van der Waals surface area contributed by atoms with E-state index in [0.717, 1.165) is 6.08 Å². The highest BCUT2D eigenvalue weighted by Gasteiger charge is 2.10. The van der Waals surface area contributed by atoms with Crippen molar-refractivity contribution in [2.75, 3.05) is 6.61 Å². The standard InChI is InChI=1S/C10H14O5/c1-3-9(12)15-6-8(11)5-4-7(2)10(13)14/h3,8,11H,1-2,4-6H2,(H,13,14). The van der Waals surface area contributed by atoms with Crippen LogP contribution in [0.2, 0.25) is 0 Å². The second-order valence-corrected chi connectivity index (χ2v) is 2.94. The maximum absolute atomic E-state index is 10.6. The van der Waals surface area contributed by atoms with Gasteiger partial charge in [-0.1, -0.05) is 13.2 Å². The first-order valence-electron chi connectivity index (χ1n) is 4.35. The predicted octanol–water partition coefficient (Wildman–Crippen LogP) is 0.497. The SMILES string of the molecule is C=CC(=O)OCC(O)CCC(=C)C(=O)O. The third-order valence-electron chi connectivity index (χ3n) is 1.67. The van der Waals surface area contributed by atoms with Crippen molar-refractivity contribution in [3.8, 4) is 0 Å². The average Bonchev–Trinajstić information content (AvgIpc) is 2.21. The van der Waals surface area contributed by atoms with Crippen LogP contribution in [-0.4, -0.2) is 34.9 Å². The van der Waals surface area contributed by atoms with Gasteiger partial charge in [0, 0.05) is 11.6 Å². The summed E-state index contributed by atoms with van der Waals surface area (Å²) in [5.41, 5.74) is 0.0177. The summed E-state index contributed by atoms with van der Waals surface area (Å²) < 4.78 is 4.56. The molecule has 1 atom stereocenters. The molecule has 0 bridgehead atoms. The Morgan fingerprint density at radius 1 is 1.47 bits per heavy atom. The molecule has 84 valence electrons. The quantitative estimate of drug-likeness (QED) is 0.476. The van der Waals surface area contributed by atoms with E-state index in [1.165, 1.54) is 0 Å². The number of ether oxygens (including phenoxy) is 1. The summed E-state index contributed by atoms with van der Waals surface area (Å²) in [7, 11) is 0. The van der Waals surface area contributed by atoms with Gasteiger partial charge < -0.3 is 14.9 Å². The van der Waals surface area contributed by atoms with Gasteiger partial charge in [-0.05, 0) is 12.8 Å². The molecule has 0 fully saturated rings. The largest absolute Gasteiger partial charge is 0.478 e. The predicted molar refractivity (Wildman–Crippen MR) is 53.2 cm³/mol. The van der Waals surface area contributed by atoms with E-state index in [1.54, 1.807) is 0 Å². The van der Waals surface area contributed by atoms with Crippen LogP contribution in [-0.2, 0) is 14.3 Å². The summed E-state index contributed by atoms with van der Waals surface area (Å²) in [6, 6.07) is 0. The van der Waals surface area contributed by atoms with E-state index < -0.39 is 18.0 Å². The lowest BCUT2D eigenvalue weighted by atomic mass is 10.1. The van der Waals surface area contributed by atoms with E-state index in [2.05, 4.69) is 17.9 Å². The molecule has 15 heavy (non-hydrogen) atoms. The molecular formula is C10H14O5. The van der Waals surface area contributed by atoms with Gasteiger partial charge in [-0.25, -0.2) is 9.59 Å². The van der Waals surface area contributed by atoms with Gasteiger partial charge in [-0.3, -0.25) is 0 Å². The zero-order valence-corrected chi connectivity index (χ0v) is 8.31. The number of hydrogen-bond donors (Lipinski definition) is 2. The molecule has 0 aromatic heterocycles. The van der Waals surface area contributed by atoms with Crippen LogP contribution in [0.3, 0.4) is 0 Å². The van der Waals surface area contributed by atoms with E-state index in [-0.39, 0.29) is 25.0 Å². The summed E-state index contributed by atoms with van der Waals surface area (Å²) in [5, 5.41) is 17.7. The van der Waals surface area contributed by atoms with Crippen LogP contribution in [0, 0.1) is 0 Å². The molecule has 0 amide bonds. The van der Waals surface area contributed by atoms with Gasteiger partial charge in [-0.15, -0.1) is 0 Å². The second-order valence-electron chi connectivity index (χ2n) is 2.94. The minimum absolute atomic E-state index is 0.0177. The molecule has 5 nitrogen and oxygen atoms in total. The zero-order chi connectivity index (χ0) is 11.8. The highest BCUT2D eigenvalue weighted by atomic mass is 16.5. The van der Waals surface area contributed by atoms with Crippen LogP contribution in [0.15, 0.2) is 24.8 Å². The molecule has 1 unspecified atom stereocenters. The van der Waals surface area contributed by atoms with E-state index in [9.17, 15) is 14.7 Å². The first kappa shape index (κ1) is 13.4. The summed E-state index contributed by atoms with van der Waals surface area (Å²) >= 11 is 0. The lowest BCUT2D eigenvalue weighted by Crippen LogP contribution is -2.18. The summed E-state index contributed by atoms with van der Waals surface area (Å²) in [6.45, 7) is 6.32. The molecule has 0 heterocycles. The van der Waals surface area contributed by atoms with Gasteiger partial charge in [0.1, 0.15) is 6.61 Å². The van der Waals surface area contributed by atoms with Crippen molar-refractivity contribution in [2.24, 2.45) is 0 Å². The van der Waals surface area contributed by atoms with Crippen molar-refractivity contribution in [3.63, 3.8) is 0 Å². The van der Waals surface area contributed by atoms with Gasteiger partial charge in [0.05, 0.1) is 6.10 Å². The third-order valence-corrected chi connectivity index (χ3v) is 1.67. The summed E-state index contributed by atoms with van der Waals surface area (Å²) in [5.74, 6) is -1.71. The highest BCUT2D eigenvalue weighted by molar-refractivity contribution is 5.85. The summed E-state index contributed by atoms with van der Waals surface area (Å²) in [6.07, 6.45) is 0.450. The normalized spacial score (nSPS) is 11.5. The van der Waals surface area contributed by atoms with Crippen LogP contribution in [0.1, 0.15) is 12.8 Å². The molecule has 0 saturated carbocycles. The number of carbonyl (C=O) groups is 2. The van der Waals surface area contributed by atoms with Crippen LogP contribution in [0.5, 0.6) is 0 Å². The molecule has 0 aliphatic heterocycles. The van der Waals surface area contributed by atoms with Crippen LogP contribution >= 0.6 is 0 Å². The number of carboxylic acid groups (broad SMARTS) is 1. The Hall–Kier alpha value is -1.62. The van der Waals surface area contributed by atoms with E-state index in [1.807, 2.05) is 0 Å². The number of rotatable bonds is 7. The fraction of sp³-hybridized carbons (Fsp3) is 0.400. The molecule has 0 spiro atoms. The maximum atomic E-state index is 10.6. The number of hydrogen-bond acceptors (Lipinski definition) is 4. The molecular weight excluding hydrogens is 200 g/mol. The molecule has 0 rings (SSSR count). The Morgan fingerprint density at radius 2 is 2.07 bits per heavy atom. The minimum atomic E-state index is -1.09. The van der Waals surface area contributed by atoms with Crippen molar-refractivity contribution in [1.29, 1.82) is 0 Å². The maximum Gasteiger partial charge on any atom is 0.330 e. The zero-order valence-electron chi connectivity index (χ0n) is 8.31. The second kappa shape index (κ2) is 6.78. The number of aliphatic hydroxyl groups excluding tert-OH is 1. The first-order valence-corrected chi connectivity index (χ1v) is 4.35. The molecule has 0 radical (unpaired) electrons. The molecule has 0 aromatic rings. The summed E-state index contributed by atoms with van der Waals surface area (Å²) in [4.78, 5) is 20.9. The van der Waals surface area contributed by atoms with Crippen LogP contribution < -0.4 is 0 Å². The van der Waals surface area contributed by atoms with Crippen LogP contribution in [0.4, 0.5) is 0 Å². The smallest absolute Gasteiger partial charge is 0.330 e. The monoisotopic (exact) mass is 214 g/mol. The Balaban J connectivity index is 3.70. The third kappa shape index (κ3) is 6.45. The minimum Gasteiger partial charge on any atom is -0.478 e. The van der Waals surface area contributed by atoms with E-state index in [4.69, 9.17) is 5.11 Å². The molecule has 0 saturated heterocycles. The molecule has 5 heteroatoms. The van der Waals surface area contributed by atoms with Crippen molar-refractivity contribution in [2.45, 2.75) is 18.9 Å². The Bertz CT molecular complexity index is 269. The number of aliphatic hydroxyl groups is 1. The van der Waals surface area contributed by atoms with Gasteiger partial charge >= 0.3 is 11.9 Å². The van der Waals surface area contributed by atoms with E-state index in [0.29, 0.717) is 0 Å². The van der Waals surface area contributed by atoms with Crippen LogP contribution in [0.25, 0.3) is 0 Å². The van der Waals surface area contributed by atoms with Gasteiger partial charge in [0.25, 0.3) is 0 Å². The topological polar surface area (TPSA) is 83.8 Å². The first-order chi connectivity index (χ1) is 6.97. The van der Waals surface area contributed by atoms with Crippen molar-refractivity contribution in [3.05, 3.63) is 24.8 Å².